The molecule has 0 aromatic heterocycles. The van der Waals surface area contributed by atoms with Gasteiger partial charge in [0.2, 0.25) is 5.91 Å². The van der Waals surface area contributed by atoms with E-state index in [2.05, 4.69) is 5.32 Å². The average molecular weight is 360 g/mol. The second-order valence-electron chi connectivity index (χ2n) is 5.67. The summed E-state index contributed by atoms with van der Waals surface area (Å²) in [4.78, 5) is 35.8. The van der Waals surface area contributed by atoms with E-state index >= 15 is 0 Å². The highest BCUT2D eigenvalue weighted by atomic mass is 35.5. The number of esters is 1. The van der Waals surface area contributed by atoms with Crippen LogP contribution in [0.15, 0.2) is 36.4 Å². The number of ether oxygens (including phenoxy) is 1. The summed E-state index contributed by atoms with van der Waals surface area (Å²) in [5.41, 5.74) is 1.68. The first kappa shape index (κ1) is 17.0. The molecule has 1 aliphatic heterocycles. The van der Waals surface area contributed by atoms with Crippen LogP contribution in [0.3, 0.4) is 0 Å². The fourth-order valence-electron chi connectivity index (χ4n) is 2.56. The number of ketones is 1. The van der Waals surface area contributed by atoms with E-state index in [0.717, 1.165) is 5.56 Å². The number of phenolic OH excluding ortho intramolecular Hbond substituents is 1. The number of halogens is 1. The molecule has 0 fully saturated rings. The maximum absolute atomic E-state index is 12.2. The molecule has 1 amide bonds. The molecule has 0 spiro atoms. The Bertz CT molecular complexity index is 893. The number of benzene rings is 2. The molecule has 0 bridgehead atoms. The summed E-state index contributed by atoms with van der Waals surface area (Å²) in [7, 11) is 0. The van der Waals surface area contributed by atoms with Crippen LogP contribution < -0.4 is 5.32 Å². The molecule has 2 N–H and O–H groups in total. The molecule has 3 rings (SSSR count). The molecule has 0 unspecified atom stereocenters. The van der Waals surface area contributed by atoms with Crippen LogP contribution in [0, 0.1) is 0 Å². The van der Waals surface area contributed by atoms with E-state index in [1.54, 1.807) is 25.1 Å². The maximum Gasteiger partial charge on any atom is 0.342 e. The Hall–Kier alpha value is -2.86. The molecule has 1 atom stereocenters. The fraction of sp³-hybridized carbons (Fsp3) is 0.167. The number of hydrogen-bond donors (Lipinski definition) is 2. The van der Waals surface area contributed by atoms with Gasteiger partial charge in [-0.15, -0.1) is 0 Å². The summed E-state index contributed by atoms with van der Waals surface area (Å²) in [5.74, 6) is -2.01. The summed E-state index contributed by atoms with van der Waals surface area (Å²) in [6.07, 6.45) is 0. The number of amides is 1. The van der Waals surface area contributed by atoms with Crippen LogP contribution >= 0.6 is 11.6 Å². The smallest absolute Gasteiger partial charge is 0.342 e. The molecule has 1 aliphatic rings. The number of nitrogens with one attached hydrogen (secondary N) is 1. The van der Waals surface area contributed by atoms with E-state index in [4.69, 9.17) is 16.3 Å². The van der Waals surface area contributed by atoms with Gasteiger partial charge in [-0.05, 0) is 48.9 Å². The highest BCUT2D eigenvalue weighted by Gasteiger charge is 2.27. The first-order chi connectivity index (χ1) is 11.9. The number of rotatable bonds is 4. The minimum atomic E-state index is -0.825. The molecule has 0 saturated carbocycles. The molecule has 6 nitrogen and oxygen atoms in total. The number of fused-ring (bicyclic) bond motifs is 1. The molecular formula is C18H14ClNO5. The van der Waals surface area contributed by atoms with Crippen molar-refractivity contribution in [3.8, 4) is 5.75 Å². The van der Waals surface area contributed by atoms with Crippen molar-refractivity contribution in [2.75, 3.05) is 11.9 Å². The van der Waals surface area contributed by atoms with E-state index in [0.29, 0.717) is 11.3 Å². The van der Waals surface area contributed by atoms with Crippen molar-refractivity contribution in [1.29, 1.82) is 0 Å². The van der Waals surface area contributed by atoms with Crippen molar-refractivity contribution in [2.45, 2.75) is 12.8 Å². The van der Waals surface area contributed by atoms with E-state index in [9.17, 15) is 19.5 Å². The first-order valence-corrected chi connectivity index (χ1v) is 7.88. The zero-order valence-corrected chi connectivity index (χ0v) is 14.0. The first-order valence-electron chi connectivity index (χ1n) is 7.50. The number of carbonyl (C=O) groups is 3. The monoisotopic (exact) mass is 359 g/mol. The largest absolute Gasteiger partial charge is 0.507 e. The van der Waals surface area contributed by atoms with Crippen LogP contribution in [0.25, 0.3) is 0 Å². The molecule has 0 aliphatic carbocycles. The van der Waals surface area contributed by atoms with E-state index in [1.807, 2.05) is 0 Å². The Labute approximate surface area is 148 Å². The molecule has 25 heavy (non-hydrogen) atoms. The SMILES string of the molecule is C[C@@H]1C(=O)Nc2ccc(C(=O)COC(=O)c3ccc(Cl)cc3O)cc21. The third-order valence-corrected chi connectivity index (χ3v) is 4.24. The van der Waals surface area contributed by atoms with E-state index in [1.165, 1.54) is 18.2 Å². The van der Waals surface area contributed by atoms with Crippen molar-refractivity contribution >= 4 is 34.9 Å². The lowest BCUT2D eigenvalue weighted by Crippen LogP contribution is -2.14. The Morgan fingerprint density at radius 2 is 2.00 bits per heavy atom. The molecule has 2 aromatic rings. The normalized spacial score (nSPS) is 15.4. The highest BCUT2D eigenvalue weighted by molar-refractivity contribution is 6.30. The summed E-state index contributed by atoms with van der Waals surface area (Å²) < 4.78 is 4.96. The third-order valence-electron chi connectivity index (χ3n) is 4.01. The summed E-state index contributed by atoms with van der Waals surface area (Å²) >= 11 is 5.70. The molecule has 7 heteroatoms. The Morgan fingerprint density at radius 1 is 1.24 bits per heavy atom. The van der Waals surface area contributed by atoms with Gasteiger partial charge in [0.05, 0.1) is 5.92 Å². The van der Waals surface area contributed by atoms with Gasteiger partial charge in [0.15, 0.2) is 12.4 Å². The maximum atomic E-state index is 12.2. The van der Waals surface area contributed by atoms with Gasteiger partial charge in [-0.1, -0.05) is 11.6 Å². The topological polar surface area (TPSA) is 92.7 Å². The van der Waals surface area contributed by atoms with Crippen molar-refractivity contribution in [3.05, 3.63) is 58.1 Å². The van der Waals surface area contributed by atoms with Crippen LogP contribution in [-0.2, 0) is 9.53 Å². The zero-order chi connectivity index (χ0) is 18.1. The van der Waals surface area contributed by atoms with Gasteiger partial charge in [0.1, 0.15) is 11.3 Å². The number of aromatic hydroxyl groups is 1. The van der Waals surface area contributed by atoms with Gasteiger partial charge in [0, 0.05) is 16.3 Å². The Kier molecular flexibility index (Phi) is 4.46. The number of Topliss-reactive ketones (excluding diaryl/α,β-unsaturated/α-hetero) is 1. The highest BCUT2D eigenvalue weighted by Crippen LogP contribution is 2.32. The van der Waals surface area contributed by atoms with Crippen molar-refractivity contribution in [1.82, 2.24) is 0 Å². The minimum Gasteiger partial charge on any atom is -0.507 e. The van der Waals surface area contributed by atoms with Gasteiger partial charge in [-0.3, -0.25) is 9.59 Å². The Morgan fingerprint density at radius 3 is 2.72 bits per heavy atom. The third kappa shape index (κ3) is 3.34. The lowest BCUT2D eigenvalue weighted by atomic mass is 9.99. The predicted molar refractivity (Wildman–Crippen MR) is 91.2 cm³/mol. The Balaban J connectivity index is 1.69. The van der Waals surface area contributed by atoms with Gasteiger partial charge in [-0.2, -0.15) is 0 Å². The lowest BCUT2D eigenvalue weighted by molar-refractivity contribution is -0.116. The molecular weight excluding hydrogens is 346 g/mol. The summed E-state index contributed by atoms with van der Waals surface area (Å²) in [6, 6.07) is 8.80. The molecule has 128 valence electrons. The lowest BCUT2D eigenvalue weighted by Gasteiger charge is -2.08. The second kappa shape index (κ2) is 6.57. The van der Waals surface area contributed by atoms with E-state index < -0.39 is 18.4 Å². The summed E-state index contributed by atoms with van der Waals surface area (Å²) in [6.45, 7) is 1.27. The van der Waals surface area contributed by atoms with Gasteiger partial charge < -0.3 is 15.2 Å². The zero-order valence-electron chi connectivity index (χ0n) is 13.2. The van der Waals surface area contributed by atoms with Gasteiger partial charge in [-0.25, -0.2) is 4.79 Å². The molecule has 0 saturated heterocycles. The molecule has 0 radical (unpaired) electrons. The van der Waals surface area contributed by atoms with E-state index in [-0.39, 0.29) is 28.2 Å². The van der Waals surface area contributed by atoms with Crippen LogP contribution in [0.5, 0.6) is 5.75 Å². The number of anilines is 1. The van der Waals surface area contributed by atoms with Crippen LogP contribution in [0.1, 0.15) is 39.1 Å². The standard InChI is InChI=1S/C18H14ClNO5/c1-9-13-6-10(2-5-14(13)20-17(9)23)16(22)8-25-18(24)12-4-3-11(19)7-15(12)21/h2-7,9,21H,8H2,1H3,(H,20,23)/t9-/m0/s1. The van der Waals surface area contributed by atoms with Gasteiger partial charge >= 0.3 is 5.97 Å². The van der Waals surface area contributed by atoms with Crippen molar-refractivity contribution in [2.24, 2.45) is 0 Å². The number of hydrogen-bond acceptors (Lipinski definition) is 5. The van der Waals surface area contributed by atoms with Crippen LogP contribution in [-0.4, -0.2) is 29.4 Å². The number of phenols is 1. The quantitative estimate of drug-likeness (QED) is 0.646. The minimum absolute atomic E-state index is 0.0745. The van der Waals surface area contributed by atoms with Gasteiger partial charge in [0.25, 0.3) is 0 Å². The second-order valence-corrected chi connectivity index (χ2v) is 6.11. The predicted octanol–water partition coefficient (Wildman–Crippen LogP) is 3.14. The molecule has 1 heterocycles. The van der Waals surface area contributed by atoms with Crippen LogP contribution in [0.4, 0.5) is 5.69 Å². The van der Waals surface area contributed by atoms with Crippen molar-refractivity contribution in [3.63, 3.8) is 0 Å². The fourth-order valence-corrected chi connectivity index (χ4v) is 2.73. The van der Waals surface area contributed by atoms with Crippen LogP contribution in [0.2, 0.25) is 5.02 Å². The number of carbonyl (C=O) groups excluding carboxylic acids is 3. The summed E-state index contributed by atoms with van der Waals surface area (Å²) in [5, 5.41) is 12.7. The van der Waals surface area contributed by atoms with Crippen molar-refractivity contribution < 1.29 is 24.2 Å². The average Bonchev–Trinajstić information content (AvgIpc) is 2.86. The molecule has 2 aromatic carbocycles.